The lowest BCUT2D eigenvalue weighted by Crippen LogP contribution is -2.41. The molecule has 2 heterocycles. The molecule has 0 N–H and O–H groups in total. The van der Waals surface area contributed by atoms with E-state index in [0.717, 1.165) is 6.07 Å². The molecule has 2 aromatic rings. The van der Waals surface area contributed by atoms with Gasteiger partial charge in [-0.1, -0.05) is 30.3 Å². The van der Waals surface area contributed by atoms with E-state index in [1.807, 2.05) is 0 Å². The van der Waals surface area contributed by atoms with Crippen LogP contribution in [-0.2, 0) is 29.5 Å². The number of benzene rings is 2. The molecule has 0 aliphatic carbocycles. The lowest BCUT2D eigenvalue weighted by molar-refractivity contribution is 0.0728. The zero-order chi connectivity index (χ0) is 25.8. The van der Waals surface area contributed by atoms with Crippen molar-refractivity contribution in [2.24, 2.45) is 0 Å². The molecule has 10 nitrogen and oxygen atoms in total. The Bertz CT molecular complexity index is 1330. The molecule has 2 aliphatic heterocycles. The second-order valence-corrected chi connectivity index (χ2v) is 12.0. The van der Waals surface area contributed by atoms with E-state index < -0.39 is 20.0 Å². The highest BCUT2D eigenvalue weighted by Gasteiger charge is 2.34. The summed E-state index contributed by atoms with van der Waals surface area (Å²) >= 11 is 0. The lowest BCUT2D eigenvalue weighted by Gasteiger charge is -2.29. The van der Waals surface area contributed by atoms with Gasteiger partial charge in [-0.15, -0.1) is 0 Å². The number of morpholine rings is 2. The van der Waals surface area contributed by atoms with Gasteiger partial charge in [0.15, 0.2) is 5.78 Å². The fourth-order valence-corrected chi connectivity index (χ4v) is 7.23. The van der Waals surface area contributed by atoms with Crippen LogP contribution in [0.1, 0.15) is 15.9 Å². The molecule has 12 heteroatoms. The highest BCUT2D eigenvalue weighted by Crippen LogP contribution is 2.34. The highest BCUT2D eigenvalue weighted by atomic mass is 32.2. The Hall–Kier alpha value is -2.61. The minimum atomic E-state index is -4.12. The Morgan fingerprint density at radius 2 is 1.36 bits per heavy atom. The van der Waals surface area contributed by atoms with Crippen LogP contribution in [0.15, 0.2) is 58.3 Å². The van der Waals surface area contributed by atoms with E-state index in [9.17, 15) is 21.6 Å². The van der Waals surface area contributed by atoms with Crippen molar-refractivity contribution < 1.29 is 35.8 Å². The zero-order valence-corrected chi connectivity index (χ0v) is 21.5. The fraction of sp³-hybridized carbons (Fsp3) is 0.375. The number of carbonyl (C=O) groups is 1. The maximum atomic E-state index is 13.7. The van der Waals surface area contributed by atoms with Gasteiger partial charge in [-0.2, -0.15) is 8.61 Å². The number of hydrogen-bond donors (Lipinski definition) is 0. The molecule has 0 unspecified atom stereocenters. The van der Waals surface area contributed by atoms with Crippen LogP contribution in [0.4, 0.5) is 0 Å². The molecule has 0 aromatic heterocycles. The Morgan fingerprint density at radius 3 is 1.89 bits per heavy atom. The molecule has 0 spiro atoms. The van der Waals surface area contributed by atoms with Gasteiger partial charge in [-0.3, -0.25) is 4.79 Å². The molecule has 2 aromatic carbocycles. The van der Waals surface area contributed by atoms with Crippen molar-refractivity contribution in [2.75, 3.05) is 59.7 Å². The molecule has 0 amide bonds. The third kappa shape index (κ3) is 5.53. The number of ether oxygens (including phenoxy) is 3. The number of carbonyl (C=O) groups excluding carboxylic acids is 1. The van der Waals surface area contributed by atoms with Crippen LogP contribution in [0.5, 0.6) is 5.75 Å². The van der Waals surface area contributed by atoms with Crippen LogP contribution >= 0.6 is 0 Å². The summed E-state index contributed by atoms with van der Waals surface area (Å²) in [6.07, 6.45) is 2.63. The van der Waals surface area contributed by atoms with Crippen LogP contribution in [0.3, 0.4) is 0 Å². The number of hydrogen-bond acceptors (Lipinski definition) is 8. The maximum Gasteiger partial charge on any atom is 0.246 e. The smallest absolute Gasteiger partial charge is 0.246 e. The second-order valence-electron chi connectivity index (χ2n) is 8.14. The number of allylic oxidation sites excluding steroid dienone is 1. The summed E-state index contributed by atoms with van der Waals surface area (Å²) in [6, 6.07) is 11.0. The molecule has 4 rings (SSSR count). The van der Waals surface area contributed by atoms with Crippen LogP contribution in [0, 0.1) is 0 Å². The topological polar surface area (TPSA) is 120 Å². The molecular formula is C24H28N2O8S2. The molecule has 2 aliphatic rings. The first-order valence-electron chi connectivity index (χ1n) is 11.4. The summed E-state index contributed by atoms with van der Waals surface area (Å²) in [5, 5.41) is 0. The van der Waals surface area contributed by atoms with Gasteiger partial charge in [0.1, 0.15) is 10.6 Å². The monoisotopic (exact) mass is 536 g/mol. The van der Waals surface area contributed by atoms with Gasteiger partial charge in [0.25, 0.3) is 0 Å². The number of sulfonamides is 2. The molecule has 194 valence electrons. The Morgan fingerprint density at radius 1 is 0.833 bits per heavy atom. The lowest BCUT2D eigenvalue weighted by atomic mass is 10.1. The van der Waals surface area contributed by atoms with Crippen molar-refractivity contribution in [3.05, 3.63) is 59.7 Å². The number of nitrogens with zero attached hydrogens (tertiary/aromatic N) is 2. The molecule has 2 fully saturated rings. The predicted octanol–water partition coefficient (Wildman–Crippen LogP) is 1.63. The minimum absolute atomic E-state index is 0.0192. The minimum Gasteiger partial charge on any atom is -0.495 e. The van der Waals surface area contributed by atoms with Crippen molar-refractivity contribution in [2.45, 2.75) is 9.79 Å². The van der Waals surface area contributed by atoms with E-state index in [0.29, 0.717) is 5.56 Å². The van der Waals surface area contributed by atoms with Gasteiger partial charge in [0.05, 0.1) is 38.4 Å². The van der Waals surface area contributed by atoms with Crippen molar-refractivity contribution in [1.82, 2.24) is 8.61 Å². The van der Waals surface area contributed by atoms with E-state index in [-0.39, 0.29) is 79.5 Å². The average molecular weight is 537 g/mol. The summed E-state index contributed by atoms with van der Waals surface area (Å²) in [6.45, 7) is 1.48. The van der Waals surface area contributed by atoms with Crippen LogP contribution < -0.4 is 4.74 Å². The van der Waals surface area contributed by atoms with E-state index in [2.05, 4.69) is 0 Å². The fourth-order valence-electron chi connectivity index (χ4n) is 3.99. The van der Waals surface area contributed by atoms with Crippen LogP contribution in [0.25, 0.3) is 6.08 Å². The molecule has 0 atom stereocenters. The largest absolute Gasteiger partial charge is 0.495 e. The predicted molar refractivity (Wildman–Crippen MR) is 132 cm³/mol. The third-order valence-electron chi connectivity index (χ3n) is 5.94. The summed E-state index contributed by atoms with van der Waals surface area (Å²) in [5.74, 6) is -0.344. The summed E-state index contributed by atoms with van der Waals surface area (Å²) in [7, 11) is -6.88. The standard InChI is InChI=1S/C24H28N2O8S2/c1-32-22-17-20(7-8-21(27)19-5-3-2-4-6-19)23(35(28,29)25-9-13-33-14-10-25)18-24(22)36(30,31)26-11-15-34-16-12-26/h2-8,17-18H,9-16H2,1H3/b8-7+. The van der Waals surface area contributed by atoms with E-state index in [1.54, 1.807) is 30.3 Å². The van der Waals surface area contributed by atoms with E-state index in [4.69, 9.17) is 14.2 Å². The first-order valence-corrected chi connectivity index (χ1v) is 14.3. The Balaban J connectivity index is 1.83. The SMILES string of the molecule is COc1cc(/C=C/C(=O)c2ccccc2)c(S(=O)(=O)N2CCOCC2)cc1S(=O)(=O)N1CCOCC1. The van der Waals surface area contributed by atoms with Gasteiger partial charge in [-0.25, -0.2) is 16.8 Å². The molecule has 0 saturated carbocycles. The number of rotatable bonds is 8. The summed E-state index contributed by atoms with van der Waals surface area (Å²) in [5.41, 5.74) is 0.577. The first-order chi connectivity index (χ1) is 17.2. The average Bonchev–Trinajstić information content (AvgIpc) is 2.92. The van der Waals surface area contributed by atoms with Gasteiger partial charge >= 0.3 is 0 Å². The summed E-state index contributed by atoms with van der Waals surface area (Å²) in [4.78, 5) is 12.2. The van der Waals surface area contributed by atoms with Crippen LogP contribution in [-0.4, -0.2) is 90.9 Å². The van der Waals surface area contributed by atoms with Crippen molar-refractivity contribution in [3.8, 4) is 5.75 Å². The maximum absolute atomic E-state index is 13.7. The quantitative estimate of drug-likeness (QED) is 0.369. The zero-order valence-electron chi connectivity index (χ0n) is 19.8. The first kappa shape index (κ1) is 26.5. The third-order valence-corrected chi connectivity index (χ3v) is 9.82. The van der Waals surface area contributed by atoms with E-state index >= 15 is 0 Å². The van der Waals surface area contributed by atoms with Gasteiger partial charge in [0.2, 0.25) is 20.0 Å². The van der Waals surface area contributed by atoms with Gasteiger partial charge in [-0.05, 0) is 29.8 Å². The summed E-state index contributed by atoms with van der Waals surface area (Å²) < 4.78 is 72.7. The molecule has 0 bridgehead atoms. The Kier molecular flexibility index (Phi) is 8.23. The Labute approximate surface area is 211 Å². The van der Waals surface area contributed by atoms with E-state index in [1.165, 1.54) is 33.9 Å². The molecule has 0 radical (unpaired) electrons. The molecule has 36 heavy (non-hydrogen) atoms. The van der Waals surface area contributed by atoms with Crippen molar-refractivity contribution in [3.63, 3.8) is 0 Å². The van der Waals surface area contributed by atoms with Crippen molar-refractivity contribution >= 4 is 31.9 Å². The van der Waals surface area contributed by atoms with Gasteiger partial charge in [0, 0.05) is 31.7 Å². The number of ketones is 1. The van der Waals surface area contributed by atoms with Crippen LogP contribution in [0.2, 0.25) is 0 Å². The van der Waals surface area contributed by atoms with Gasteiger partial charge < -0.3 is 14.2 Å². The second kappa shape index (κ2) is 11.2. The van der Waals surface area contributed by atoms with Crippen molar-refractivity contribution in [1.29, 1.82) is 0 Å². The molecular weight excluding hydrogens is 508 g/mol. The normalized spacial score (nSPS) is 18.4. The highest BCUT2D eigenvalue weighted by molar-refractivity contribution is 7.90. The molecule has 2 saturated heterocycles. The number of methoxy groups -OCH3 is 1.